The second-order valence-electron chi connectivity index (χ2n) is 6.79. The average molecular weight is 358 g/mol. The van der Waals surface area contributed by atoms with Crippen molar-refractivity contribution in [1.29, 1.82) is 0 Å². The largest absolute Gasteiger partial charge is 0.367 e. The number of para-hydroxylation sites is 1. The van der Waals surface area contributed by atoms with Crippen molar-refractivity contribution in [2.75, 3.05) is 16.8 Å². The number of anilines is 3. The Morgan fingerprint density at radius 3 is 2.48 bits per heavy atom. The molecule has 0 fully saturated rings. The number of carbonyl (C=O) groups excluding carboxylic acids is 1. The van der Waals surface area contributed by atoms with Crippen LogP contribution in [0.2, 0.25) is 0 Å². The van der Waals surface area contributed by atoms with Crippen LogP contribution in [0.1, 0.15) is 16.7 Å². The SMILES string of the molecule is Cc1ccc(CN2C(=O)COCc3cc(Nc4ccccc4)ccc32)cc1. The van der Waals surface area contributed by atoms with Gasteiger partial charge in [0, 0.05) is 22.6 Å². The summed E-state index contributed by atoms with van der Waals surface area (Å²) in [5, 5.41) is 3.40. The molecular formula is C23H22N2O2. The lowest BCUT2D eigenvalue weighted by Gasteiger charge is -2.23. The van der Waals surface area contributed by atoms with Gasteiger partial charge in [0.05, 0.1) is 13.2 Å². The van der Waals surface area contributed by atoms with Crippen molar-refractivity contribution in [1.82, 2.24) is 0 Å². The minimum atomic E-state index is -0.0157. The Morgan fingerprint density at radius 1 is 0.926 bits per heavy atom. The van der Waals surface area contributed by atoms with Gasteiger partial charge in [-0.3, -0.25) is 4.79 Å². The predicted octanol–water partition coefficient (Wildman–Crippen LogP) is 4.80. The van der Waals surface area contributed by atoms with E-state index >= 15 is 0 Å². The highest BCUT2D eigenvalue weighted by Crippen LogP contribution is 2.30. The monoisotopic (exact) mass is 358 g/mol. The van der Waals surface area contributed by atoms with E-state index in [4.69, 9.17) is 4.74 Å². The number of nitrogens with zero attached hydrogens (tertiary/aromatic N) is 1. The van der Waals surface area contributed by atoms with Crippen molar-refractivity contribution in [3.05, 3.63) is 89.5 Å². The Morgan fingerprint density at radius 2 is 1.70 bits per heavy atom. The summed E-state index contributed by atoms with van der Waals surface area (Å²) in [5.41, 5.74) is 6.24. The van der Waals surface area contributed by atoms with E-state index in [1.54, 1.807) is 0 Å². The molecule has 1 aliphatic rings. The number of benzene rings is 3. The Balaban J connectivity index is 1.62. The van der Waals surface area contributed by atoms with Crippen LogP contribution in [0.4, 0.5) is 17.1 Å². The van der Waals surface area contributed by atoms with E-state index in [-0.39, 0.29) is 12.5 Å². The molecule has 0 unspecified atom stereocenters. The molecule has 1 aliphatic heterocycles. The molecule has 0 bridgehead atoms. The third kappa shape index (κ3) is 4.01. The molecule has 0 saturated carbocycles. The maximum atomic E-state index is 12.6. The highest BCUT2D eigenvalue weighted by molar-refractivity contribution is 5.95. The molecule has 0 spiro atoms. The molecule has 4 nitrogen and oxygen atoms in total. The van der Waals surface area contributed by atoms with Crippen molar-refractivity contribution >= 4 is 23.0 Å². The molecule has 4 heteroatoms. The summed E-state index contributed by atoms with van der Waals surface area (Å²) in [4.78, 5) is 14.4. The van der Waals surface area contributed by atoms with Crippen LogP contribution in [0.25, 0.3) is 0 Å². The van der Waals surface area contributed by atoms with Crippen LogP contribution in [0, 0.1) is 6.92 Å². The molecule has 136 valence electrons. The van der Waals surface area contributed by atoms with Crippen LogP contribution < -0.4 is 10.2 Å². The van der Waals surface area contributed by atoms with Crippen molar-refractivity contribution in [3.63, 3.8) is 0 Å². The summed E-state index contributed by atoms with van der Waals surface area (Å²) in [6.45, 7) is 3.13. The number of amides is 1. The second-order valence-corrected chi connectivity index (χ2v) is 6.79. The summed E-state index contributed by atoms with van der Waals surface area (Å²) < 4.78 is 5.61. The fourth-order valence-electron chi connectivity index (χ4n) is 3.24. The first-order chi connectivity index (χ1) is 13.2. The highest BCUT2D eigenvalue weighted by Gasteiger charge is 2.23. The van der Waals surface area contributed by atoms with Gasteiger partial charge in [-0.25, -0.2) is 0 Å². The maximum Gasteiger partial charge on any atom is 0.253 e. The van der Waals surface area contributed by atoms with Gasteiger partial charge in [-0.1, -0.05) is 48.0 Å². The lowest BCUT2D eigenvalue weighted by atomic mass is 10.1. The van der Waals surface area contributed by atoms with Gasteiger partial charge in [0.25, 0.3) is 5.91 Å². The van der Waals surface area contributed by atoms with Crippen LogP contribution >= 0.6 is 0 Å². The number of carbonyl (C=O) groups is 1. The molecule has 0 radical (unpaired) electrons. The third-order valence-electron chi connectivity index (χ3n) is 4.68. The van der Waals surface area contributed by atoms with Crippen molar-refractivity contribution in [3.8, 4) is 0 Å². The summed E-state index contributed by atoms with van der Waals surface area (Å²) >= 11 is 0. The highest BCUT2D eigenvalue weighted by atomic mass is 16.5. The smallest absolute Gasteiger partial charge is 0.253 e. The second kappa shape index (κ2) is 7.64. The molecule has 4 rings (SSSR count). The Hall–Kier alpha value is -3.11. The van der Waals surface area contributed by atoms with Gasteiger partial charge in [-0.15, -0.1) is 0 Å². The van der Waals surface area contributed by atoms with Crippen molar-refractivity contribution in [2.24, 2.45) is 0 Å². The summed E-state index contributed by atoms with van der Waals surface area (Å²) in [6, 6.07) is 24.4. The third-order valence-corrected chi connectivity index (χ3v) is 4.68. The number of ether oxygens (including phenoxy) is 1. The summed E-state index contributed by atoms with van der Waals surface area (Å²) in [7, 11) is 0. The normalized spacial score (nSPS) is 13.8. The fraction of sp³-hybridized carbons (Fsp3) is 0.174. The van der Waals surface area contributed by atoms with Gasteiger partial charge < -0.3 is 15.0 Å². The zero-order valence-corrected chi connectivity index (χ0v) is 15.3. The number of nitrogens with one attached hydrogen (secondary N) is 1. The number of hydrogen-bond donors (Lipinski definition) is 1. The van der Waals surface area contributed by atoms with Crippen molar-refractivity contribution in [2.45, 2.75) is 20.1 Å². The van der Waals surface area contributed by atoms with E-state index in [2.05, 4.69) is 42.6 Å². The molecule has 0 atom stereocenters. The number of hydrogen-bond acceptors (Lipinski definition) is 3. The van der Waals surface area contributed by atoms with Crippen LogP contribution in [0.3, 0.4) is 0 Å². The van der Waals surface area contributed by atoms with Gasteiger partial charge in [0.2, 0.25) is 0 Å². The molecule has 0 aliphatic carbocycles. The summed E-state index contributed by atoms with van der Waals surface area (Å²) in [6.07, 6.45) is 0. The molecule has 1 amide bonds. The van der Waals surface area contributed by atoms with Gasteiger partial charge in [-0.2, -0.15) is 0 Å². The molecule has 27 heavy (non-hydrogen) atoms. The van der Waals surface area contributed by atoms with Crippen LogP contribution in [-0.2, 0) is 22.7 Å². The molecule has 1 N–H and O–H groups in total. The molecular weight excluding hydrogens is 336 g/mol. The molecule has 0 saturated heterocycles. The van der Waals surface area contributed by atoms with Gasteiger partial charge in [0.1, 0.15) is 6.61 Å². The van der Waals surface area contributed by atoms with Crippen molar-refractivity contribution < 1.29 is 9.53 Å². The molecule has 1 heterocycles. The minimum absolute atomic E-state index is 0.0157. The van der Waals surface area contributed by atoms with Gasteiger partial charge in [-0.05, 0) is 42.8 Å². The molecule has 3 aromatic carbocycles. The Kier molecular flexibility index (Phi) is 4.90. The first-order valence-electron chi connectivity index (χ1n) is 9.08. The first kappa shape index (κ1) is 17.3. The van der Waals surface area contributed by atoms with E-state index in [0.29, 0.717) is 13.2 Å². The van der Waals surface area contributed by atoms with E-state index < -0.39 is 0 Å². The van der Waals surface area contributed by atoms with Gasteiger partial charge >= 0.3 is 0 Å². The molecule has 3 aromatic rings. The van der Waals surface area contributed by atoms with Gasteiger partial charge in [0.15, 0.2) is 0 Å². The van der Waals surface area contributed by atoms with E-state index in [0.717, 1.165) is 28.2 Å². The standard InChI is InChI=1S/C23H22N2O2/c1-17-7-9-18(10-8-17)14-25-22-12-11-21(24-20-5-3-2-4-6-20)13-19(22)15-27-16-23(25)26/h2-13,24H,14-16H2,1H3. The topological polar surface area (TPSA) is 41.6 Å². The zero-order valence-electron chi connectivity index (χ0n) is 15.3. The Labute approximate surface area is 159 Å². The lowest BCUT2D eigenvalue weighted by Crippen LogP contribution is -2.32. The van der Waals surface area contributed by atoms with E-state index in [1.807, 2.05) is 47.4 Å². The quantitative estimate of drug-likeness (QED) is 0.728. The average Bonchev–Trinajstić information content (AvgIpc) is 2.83. The van der Waals surface area contributed by atoms with Crippen LogP contribution in [0.5, 0.6) is 0 Å². The molecule has 0 aromatic heterocycles. The van der Waals surface area contributed by atoms with Crippen LogP contribution in [0.15, 0.2) is 72.8 Å². The summed E-state index contributed by atoms with van der Waals surface area (Å²) in [5.74, 6) is -0.0157. The Bertz CT molecular complexity index is 936. The fourth-order valence-corrected chi connectivity index (χ4v) is 3.24. The zero-order chi connectivity index (χ0) is 18.6. The predicted molar refractivity (Wildman–Crippen MR) is 108 cm³/mol. The van der Waals surface area contributed by atoms with Crippen LogP contribution in [-0.4, -0.2) is 12.5 Å². The van der Waals surface area contributed by atoms with E-state index in [9.17, 15) is 4.79 Å². The minimum Gasteiger partial charge on any atom is -0.367 e. The lowest BCUT2D eigenvalue weighted by molar-refractivity contribution is -0.123. The number of rotatable bonds is 4. The van der Waals surface area contributed by atoms with E-state index in [1.165, 1.54) is 5.56 Å². The number of aryl methyl sites for hydroxylation is 1. The number of fused-ring (bicyclic) bond motifs is 1. The first-order valence-corrected chi connectivity index (χ1v) is 9.08. The maximum absolute atomic E-state index is 12.6.